The van der Waals surface area contributed by atoms with Gasteiger partial charge in [-0.15, -0.1) is 0 Å². The van der Waals surface area contributed by atoms with E-state index in [1.165, 1.54) is 0 Å². The Labute approximate surface area is 382 Å². The first-order chi connectivity index (χ1) is 28.2. The van der Waals surface area contributed by atoms with Gasteiger partial charge in [0.2, 0.25) is 0 Å². The predicted molar refractivity (Wildman–Crippen MR) is 264 cm³/mol. The lowest BCUT2D eigenvalue weighted by molar-refractivity contribution is -0.324. The molecule has 354 valence electrons. The smallest absolute Gasteiger partial charge is 0.192 e. The van der Waals surface area contributed by atoms with E-state index >= 15 is 0 Å². The Morgan fingerprint density at radius 2 is 0.790 bits per heavy atom. The molecule has 2 aliphatic rings. The minimum atomic E-state index is -2.43. The lowest BCUT2D eigenvalue weighted by atomic mass is 9.86. The van der Waals surface area contributed by atoms with Crippen LogP contribution in [0, 0.1) is 0 Å². The van der Waals surface area contributed by atoms with Gasteiger partial charge in [0, 0.05) is 0 Å². The third-order valence-corrected chi connectivity index (χ3v) is 33.2. The largest absolute Gasteiger partial charge is 0.497 e. The summed E-state index contributed by atoms with van der Waals surface area (Å²) in [6.07, 6.45) is -4.10. The molecular formula is C49H88O9Si4. The molecule has 9 nitrogen and oxygen atoms in total. The van der Waals surface area contributed by atoms with Crippen molar-refractivity contribution >= 4 is 33.3 Å². The lowest BCUT2D eigenvalue weighted by Crippen LogP contribution is -2.73. The second kappa shape index (κ2) is 19.9. The fourth-order valence-electron chi connectivity index (χ4n) is 6.70. The second-order valence-corrected chi connectivity index (χ2v) is 43.1. The van der Waals surface area contributed by atoms with E-state index < -0.39 is 82.1 Å². The fourth-order valence-corrected chi connectivity index (χ4v) is 11.4. The van der Waals surface area contributed by atoms with Crippen LogP contribution in [0.5, 0.6) is 5.75 Å². The van der Waals surface area contributed by atoms with Gasteiger partial charge in [0.25, 0.3) is 0 Å². The summed E-state index contributed by atoms with van der Waals surface area (Å²) in [5, 5.41) is -0.150. The van der Waals surface area contributed by atoms with Gasteiger partial charge in [-0.3, -0.25) is 0 Å². The summed E-state index contributed by atoms with van der Waals surface area (Å²) in [5.74, 6) is 0.799. The van der Waals surface area contributed by atoms with Gasteiger partial charge in [0.05, 0.1) is 33.5 Å². The molecule has 0 unspecified atom stereocenters. The molecule has 0 bridgehead atoms. The number of ether oxygens (including phenoxy) is 5. The Kier molecular flexibility index (Phi) is 17.2. The quantitative estimate of drug-likeness (QED) is 0.144. The number of fused-ring (bicyclic) bond motifs is 1. The van der Waals surface area contributed by atoms with Crippen LogP contribution in [0.3, 0.4) is 0 Å². The van der Waals surface area contributed by atoms with Crippen LogP contribution in [0.4, 0.5) is 0 Å². The highest BCUT2D eigenvalue weighted by Gasteiger charge is 2.60. The molecule has 0 saturated carbocycles. The van der Waals surface area contributed by atoms with Crippen molar-refractivity contribution in [1.29, 1.82) is 0 Å². The number of methoxy groups -OCH3 is 1. The van der Waals surface area contributed by atoms with Gasteiger partial charge in [-0.2, -0.15) is 0 Å². The normalized spacial score (nSPS) is 26.0. The predicted octanol–water partition coefficient (Wildman–Crippen LogP) is 12.5. The molecule has 62 heavy (non-hydrogen) atoms. The van der Waals surface area contributed by atoms with Crippen molar-refractivity contribution in [3.8, 4) is 5.75 Å². The summed E-state index contributed by atoms with van der Waals surface area (Å²) >= 11 is 0. The number of rotatable bonds is 17. The number of benzene rings is 2. The van der Waals surface area contributed by atoms with Crippen LogP contribution in [0.2, 0.25) is 72.5 Å². The van der Waals surface area contributed by atoms with Gasteiger partial charge in [0.1, 0.15) is 54.6 Å². The molecule has 2 fully saturated rings. The van der Waals surface area contributed by atoms with Crippen molar-refractivity contribution in [2.75, 3.05) is 20.3 Å². The van der Waals surface area contributed by atoms with E-state index in [-0.39, 0.29) is 20.2 Å². The van der Waals surface area contributed by atoms with Crippen molar-refractivity contribution in [3.63, 3.8) is 0 Å². The molecule has 2 saturated heterocycles. The monoisotopic (exact) mass is 933 g/mol. The molecular weight excluding hydrogens is 845 g/mol. The Morgan fingerprint density at radius 1 is 0.452 bits per heavy atom. The summed E-state index contributed by atoms with van der Waals surface area (Å²) in [6, 6.07) is 18.5. The van der Waals surface area contributed by atoms with Crippen molar-refractivity contribution in [2.45, 2.75) is 218 Å². The molecule has 4 rings (SSSR count). The number of hydrogen-bond donors (Lipinski definition) is 0. The van der Waals surface area contributed by atoms with Crippen molar-refractivity contribution in [2.24, 2.45) is 0 Å². The van der Waals surface area contributed by atoms with E-state index in [1.54, 1.807) is 7.11 Å². The summed E-state index contributed by atoms with van der Waals surface area (Å²) in [5.41, 5.74) is 2.11. The molecule has 0 spiro atoms. The molecule has 2 aromatic carbocycles. The van der Waals surface area contributed by atoms with Gasteiger partial charge in [-0.25, -0.2) is 0 Å². The van der Waals surface area contributed by atoms with E-state index in [9.17, 15) is 0 Å². The Balaban J connectivity index is 1.95. The topological polar surface area (TPSA) is 83.1 Å². The van der Waals surface area contributed by atoms with Crippen LogP contribution in [0.1, 0.15) is 94.2 Å². The number of hydrogen-bond acceptors (Lipinski definition) is 9. The van der Waals surface area contributed by atoms with Crippen LogP contribution < -0.4 is 4.74 Å². The highest BCUT2D eigenvalue weighted by Crippen LogP contribution is 2.47. The zero-order valence-electron chi connectivity index (χ0n) is 42.8. The molecule has 2 heterocycles. The first-order valence-corrected chi connectivity index (χ1v) is 34.7. The third kappa shape index (κ3) is 13.0. The van der Waals surface area contributed by atoms with Crippen LogP contribution in [-0.2, 0) is 49.9 Å². The van der Waals surface area contributed by atoms with Crippen LogP contribution in [0.15, 0.2) is 54.6 Å². The Hall–Kier alpha value is -1.21. The van der Waals surface area contributed by atoms with Crippen LogP contribution in [0.25, 0.3) is 0 Å². The highest BCUT2D eigenvalue weighted by molar-refractivity contribution is 6.75. The Morgan fingerprint density at radius 3 is 1.11 bits per heavy atom. The van der Waals surface area contributed by atoms with Crippen molar-refractivity contribution in [3.05, 3.63) is 65.7 Å². The third-order valence-electron chi connectivity index (χ3n) is 15.2. The van der Waals surface area contributed by atoms with E-state index in [1.807, 2.05) is 18.2 Å². The minimum absolute atomic E-state index is 0.000622. The summed E-state index contributed by atoms with van der Waals surface area (Å²) in [6.45, 7) is 47.2. The van der Waals surface area contributed by atoms with Crippen LogP contribution in [-0.4, -0.2) is 102 Å². The first kappa shape index (κ1) is 53.4. The van der Waals surface area contributed by atoms with E-state index in [4.69, 9.17) is 41.4 Å². The van der Waals surface area contributed by atoms with Gasteiger partial charge in [0.15, 0.2) is 33.3 Å². The zero-order chi connectivity index (χ0) is 46.9. The van der Waals surface area contributed by atoms with Gasteiger partial charge >= 0.3 is 0 Å². The second-order valence-electron chi connectivity index (χ2n) is 24.0. The molecule has 13 heteroatoms. The van der Waals surface area contributed by atoms with Crippen molar-refractivity contribution in [1.82, 2.24) is 0 Å². The molecule has 0 radical (unpaired) electrons. The first-order valence-electron chi connectivity index (χ1n) is 23.1. The fraction of sp³-hybridized carbons (Fsp3) is 0.755. The van der Waals surface area contributed by atoms with Crippen molar-refractivity contribution < 1.29 is 41.4 Å². The van der Waals surface area contributed by atoms with E-state index in [2.05, 4.69) is 172 Å². The maximum Gasteiger partial charge on any atom is 0.192 e. The maximum atomic E-state index is 7.54. The minimum Gasteiger partial charge on any atom is -0.497 e. The zero-order valence-corrected chi connectivity index (χ0v) is 46.8. The van der Waals surface area contributed by atoms with E-state index in [0.717, 1.165) is 16.9 Å². The van der Waals surface area contributed by atoms with Gasteiger partial charge < -0.3 is 41.4 Å². The SMILES string of the molecule is COc1ccc(CO[C@H]2[C@@H]3O[C@H](CO[Si](C)(C)C(C)(C)C)[C@@H](O[Si](C)(C)C(C)(C)C)[C@H](OCc4ccccc4)[C@H]3O[C@@H](CO[Si](C)(C)C(C)(C)C)[C@@H]2O[Si](C)(C)C(C)(C)C)cc1. The highest BCUT2D eigenvalue weighted by atomic mass is 28.4. The van der Waals surface area contributed by atoms with Gasteiger partial charge in [-0.05, 0) is 95.8 Å². The standard InChI is InChI=1S/C49H88O9Si4/c1-46(2,3)59(14,15)53-33-38-40(57-61(18,19)48(7,8)9)42(51-31-35-25-23-22-24-26-35)44-45(56-38)43(52-32-36-27-29-37(50-13)30-28-36)41(58-62(20,21)49(10,11)12)39(55-44)34-54-60(16,17)47(4,5)6/h22-30,38-45H,31-34H2,1-21H3/t38-,39+,40-,41+,42+,43-,44-,45+/m1/s1. The van der Waals surface area contributed by atoms with E-state index in [0.29, 0.717) is 26.4 Å². The summed E-state index contributed by atoms with van der Waals surface area (Å²) < 4.78 is 64.3. The summed E-state index contributed by atoms with van der Waals surface area (Å²) in [4.78, 5) is 0. The lowest BCUT2D eigenvalue weighted by Gasteiger charge is -2.57. The molecule has 2 aliphatic heterocycles. The molecule has 0 amide bonds. The molecule has 0 aliphatic carbocycles. The average Bonchev–Trinajstić information content (AvgIpc) is 3.14. The molecule has 2 aromatic rings. The molecule has 8 atom stereocenters. The average molecular weight is 934 g/mol. The maximum absolute atomic E-state index is 7.54. The van der Waals surface area contributed by atoms with Gasteiger partial charge in [-0.1, -0.05) is 126 Å². The Bertz CT molecular complexity index is 1690. The molecule has 0 aromatic heterocycles. The molecule has 0 N–H and O–H groups in total. The summed E-state index contributed by atoms with van der Waals surface area (Å²) in [7, 11) is -7.62. The van der Waals surface area contributed by atoms with Crippen LogP contribution >= 0.6 is 0 Å².